The number of hydrogen-bond donors (Lipinski definition) is 3. The number of hydrogen-bond acceptors (Lipinski definition) is 3. The predicted molar refractivity (Wildman–Crippen MR) is 64.3 cm³/mol. The molecule has 0 radical (unpaired) electrons. The van der Waals surface area contributed by atoms with E-state index in [1.165, 1.54) is 0 Å². The third-order valence-electron chi connectivity index (χ3n) is 2.75. The number of carbonyl (C=O) groups excluding carboxylic acids is 2. The third-order valence-corrected chi connectivity index (χ3v) is 2.75. The molecule has 1 fully saturated rings. The summed E-state index contributed by atoms with van der Waals surface area (Å²) in [7, 11) is 0. The first-order chi connectivity index (χ1) is 6.93. The number of halogens is 1. The van der Waals surface area contributed by atoms with Gasteiger partial charge in [-0.15, -0.1) is 12.4 Å². The molecule has 0 bridgehead atoms. The summed E-state index contributed by atoms with van der Waals surface area (Å²) in [5.41, 5.74) is 4.52. The Morgan fingerprint density at radius 2 is 2.12 bits per heavy atom. The van der Waals surface area contributed by atoms with E-state index in [9.17, 15) is 9.59 Å². The zero-order chi connectivity index (χ0) is 11.5. The van der Waals surface area contributed by atoms with Crippen molar-refractivity contribution in [2.24, 2.45) is 11.1 Å². The molecule has 2 amide bonds. The minimum absolute atomic E-state index is 0. The van der Waals surface area contributed by atoms with Crippen LogP contribution < -0.4 is 16.4 Å². The Hall–Kier alpha value is -0.810. The Labute approximate surface area is 102 Å². The van der Waals surface area contributed by atoms with Gasteiger partial charge in [-0.05, 0) is 33.2 Å². The Morgan fingerprint density at radius 3 is 2.56 bits per heavy atom. The summed E-state index contributed by atoms with van der Waals surface area (Å²) in [6.07, 6.45) is 1.89. The molecule has 0 aliphatic carbocycles. The Morgan fingerprint density at radius 1 is 1.50 bits per heavy atom. The maximum Gasteiger partial charge on any atom is 0.237 e. The predicted octanol–water partition coefficient (Wildman–Crippen LogP) is -0.212. The lowest BCUT2D eigenvalue weighted by Crippen LogP contribution is -2.47. The van der Waals surface area contributed by atoms with Crippen LogP contribution in [0.5, 0.6) is 0 Å². The molecule has 1 rings (SSSR count). The van der Waals surface area contributed by atoms with Gasteiger partial charge in [-0.25, -0.2) is 0 Å². The van der Waals surface area contributed by atoms with E-state index in [4.69, 9.17) is 5.73 Å². The summed E-state index contributed by atoms with van der Waals surface area (Å²) in [5, 5.41) is 5.84. The maximum absolute atomic E-state index is 11.6. The number of nitrogens with two attached hydrogens (primary N) is 1. The van der Waals surface area contributed by atoms with Crippen LogP contribution >= 0.6 is 12.4 Å². The van der Waals surface area contributed by atoms with Crippen LogP contribution in [0, 0.1) is 5.41 Å². The van der Waals surface area contributed by atoms with Gasteiger partial charge in [-0.1, -0.05) is 0 Å². The molecule has 1 atom stereocenters. The topological polar surface area (TPSA) is 84.2 Å². The van der Waals surface area contributed by atoms with Crippen LogP contribution in [0.4, 0.5) is 0 Å². The van der Waals surface area contributed by atoms with Crippen molar-refractivity contribution in [3.63, 3.8) is 0 Å². The molecule has 1 aliphatic heterocycles. The fourth-order valence-corrected chi connectivity index (χ4v) is 1.43. The van der Waals surface area contributed by atoms with Crippen LogP contribution in [-0.2, 0) is 9.59 Å². The van der Waals surface area contributed by atoms with E-state index in [-0.39, 0.29) is 24.4 Å². The largest absolute Gasteiger partial charge is 0.369 e. The number of amides is 2. The summed E-state index contributed by atoms with van der Waals surface area (Å²) < 4.78 is 0. The molecule has 4 N–H and O–H groups in total. The summed E-state index contributed by atoms with van der Waals surface area (Å²) in [5.74, 6) is -0.441. The van der Waals surface area contributed by atoms with Crippen molar-refractivity contribution < 1.29 is 9.59 Å². The second kappa shape index (κ2) is 6.06. The quantitative estimate of drug-likeness (QED) is 0.645. The van der Waals surface area contributed by atoms with Crippen molar-refractivity contribution in [2.75, 3.05) is 13.1 Å². The number of primary amides is 1. The van der Waals surface area contributed by atoms with E-state index >= 15 is 0 Å². The van der Waals surface area contributed by atoms with Gasteiger partial charge >= 0.3 is 0 Å². The first-order valence-corrected chi connectivity index (χ1v) is 5.24. The van der Waals surface area contributed by atoms with Crippen LogP contribution in [-0.4, -0.2) is 30.9 Å². The molecule has 1 saturated heterocycles. The van der Waals surface area contributed by atoms with E-state index in [2.05, 4.69) is 10.6 Å². The average Bonchev–Trinajstić information content (AvgIpc) is 2.66. The van der Waals surface area contributed by atoms with Crippen molar-refractivity contribution in [3.05, 3.63) is 0 Å². The van der Waals surface area contributed by atoms with Crippen LogP contribution in [0.3, 0.4) is 0 Å². The zero-order valence-electron chi connectivity index (χ0n) is 9.71. The fraction of sp³-hybridized carbons (Fsp3) is 0.800. The molecule has 16 heavy (non-hydrogen) atoms. The van der Waals surface area contributed by atoms with Crippen molar-refractivity contribution >= 4 is 24.2 Å². The highest BCUT2D eigenvalue weighted by Gasteiger charge is 2.28. The lowest BCUT2D eigenvalue weighted by molar-refractivity contribution is -0.127. The molecular formula is C10H20ClN3O2. The monoisotopic (exact) mass is 249 g/mol. The lowest BCUT2D eigenvalue weighted by Gasteiger charge is -2.22. The highest BCUT2D eigenvalue weighted by molar-refractivity contribution is 5.85. The van der Waals surface area contributed by atoms with Gasteiger partial charge in [0.2, 0.25) is 11.8 Å². The van der Waals surface area contributed by atoms with Crippen LogP contribution in [0.1, 0.15) is 26.7 Å². The molecule has 0 aromatic rings. The van der Waals surface area contributed by atoms with Crippen molar-refractivity contribution in [1.82, 2.24) is 10.6 Å². The molecule has 1 heterocycles. The van der Waals surface area contributed by atoms with Gasteiger partial charge < -0.3 is 16.4 Å². The molecule has 5 nitrogen and oxygen atoms in total. The van der Waals surface area contributed by atoms with E-state index in [0.717, 1.165) is 19.4 Å². The van der Waals surface area contributed by atoms with E-state index in [1.54, 1.807) is 13.8 Å². The molecule has 0 aromatic heterocycles. The fourth-order valence-electron chi connectivity index (χ4n) is 1.43. The molecule has 6 heteroatoms. The Kier molecular flexibility index (Phi) is 5.75. The lowest BCUT2D eigenvalue weighted by atomic mass is 9.92. The normalized spacial score (nSPS) is 20.0. The molecule has 1 unspecified atom stereocenters. The van der Waals surface area contributed by atoms with E-state index in [1.807, 2.05) is 0 Å². The van der Waals surface area contributed by atoms with Gasteiger partial charge in [0.15, 0.2) is 0 Å². The van der Waals surface area contributed by atoms with E-state index in [0.29, 0.717) is 6.54 Å². The number of rotatable bonds is 4. The summed E-state index contributed by atoms with van der Waals surface area (Å²) in [6, 6.07) is -0.103. The van der Waals surface area contributed by atoms with Gasteiger partial charge in [0.25, 0.3) is 0 Å². The first-order valence-electron chi connectivity index (χ1n) is 5.24. The van der Waals surface area contributed by atoms with Gasteiger partial charge in [-0.3, -0.25) is 9.59 Å². The molecule has 94 valence electrons. The SMILES string of the molecule is CC(C)(CNC(=O)C1CCCN1)C(N)=O.Cl. The maximum atomic E-state index is 11.6. The van der Waals surface area contributed by atoms with Gasteiger partial charge in [0, 0.05) is 6.54 Å². The standard InChI is InChI=1S/C10H19N3O2.ClH/c1-10(2,9(11)15)6-13-8(14)7-4-3-5-12-7;/h7,12H,3-6H2,1-2H3,(H2,11,15)(H,13,14);1H. The van der Waals surface area contributed by atoms with Crippen LogP contribution in [0.25, 0.3) is 0 Å². The van der Waals surface area contributed by atoms with Gasteiger partial charge in [0.05, 0.1) is 11.5 Å². The number of nitrogens with one attached hydrogen (secondary N) is 2. The smallest absolute Gasteiger partial charge is 0.237 e. The molecular weight excluding hydrogens is 230 g/mol. The third kappa shape index (κ3) is 3.98. The Balaban J connectivity index is 0.00000225. The highest BCUT2D eigenvalue weighted by atomic mass is 35.5. The van der Waals surface area contributed by atoms with Gasteiger partial charge in [0.1, 0.15) is 0 Å². The summed E-state index contributed by atoms with van der Waals surface area (Å²) in [4.78, 5) is 22.6. The van der Waals surface area contributed by atoms with Crippen LogP contribution in [0.15, 0.2) is 0 Å². The molecule has 0 aromatic carbocycles. The molecule has 1 aliphatic rings. The van der Waals surface area contributed by atoms with Crippen LogP contribution in [0.2, 0.25) is 0 Å². The molecule has 0 saturated carbocycles. The Bertz CT molecular complexity index is 263. The van der Waals surface area contributed by atoms with Gasteiger partial charge in [-0.2, -0.15) is 0 Å². The minimum atomic E-state index is -0.686. The van der Waals surface area contributed by atoms with Crippen molar-refractivity contribution in [3.8, 4) is 0 Å². The zero-order valence-corrected chi connectivity index (χ0v) is 10.5. The summed E-state index contributed by atoms with van der Waals surface area (Å²) in [6.45, 7) is 4.62. The highest BCUT2D eigenvalue weighted by Crippen LogP contribution is 2.12. The first kappa shape index (κ1) is 15.2. The van der Waals surface area contributed by atoms with Crippen molar-refractivity contribution in [1.29, 1.82) is 0 Å². The van der Waals surface area contributed by atoms with Crippen molar-refractivity contribution in [2.45, 2.75) is 32.7 Å². The van der Waals surface area contributed by atoms with E-state index < -0.39 is 11.3 Å². The second-order valence-electron chi connectivity index (χ2n) is 4.61. The summed E-state index contributed by atoms with van der Waals surface area (Å²) >= 11 is 0. The minimum Gasteiger partial charge on any atom is -0.369 e. The molecule has 0 spiro atoms. The number of carbonyl (C=O) groups is 2. The second-order valence-corrected chi connectivity index (χ2v) is 4.61. The average molecular weight is 250 g/mol.